The molecular formula is C17H16N2OS. The number of aliphatic imine (C=N–C) groups is 1. The molecule has 0 aliphatic heterocycles. The third kappa shape index (κ3) is 2.84. The van der Waals surface area contributed by atoms with Gasteiger partial charge in [0.25, 0.3) is 0 Å². The first-order valence-corrected chi connectivity index (χ1v) is 7.86. The van der Waals surface area contributed by atoms with Crippen molar-refractivity contribution in [3.05, 3.63) is 45.8 Å². The van der Waals surface area contributed by atoms with E-state index in [1.54, 1.807) is 18.4 Å². The quantitative estimate of drug-likeness (QED) is 0.794. The van der Waals surface area contributed by atoms with Crippen molar-refractivity contribution in [2.75, 3.05) is 7.11 Å². The standard InChI is InChI=1S/C17H16N2OS/c1-20-13-8-6-12(7-9-13)11-19-17-15(10-18)14-4-2-3-5-16(14)21-17/h6-9,11H,2-5H2,1H3. The third-order valence-electron chi connectivity index (χ3n) is 3.71. The van der Waals surface area contributed by atoms with E-state index >= 15 is 0 Å². The van der Waals surface area contributed by atoms with E-state index in [-0.39, 0.29) is 0 Å². The molecule has 0 unspecified atom stereocenters. The highest BCUT2D eigenvalue weighted by Crippen LogP contribution is 2.39. The Kier molecular flexibility index (Phi) is 4.03. The number of rotatable bonds is 3. The molecule has 0 N–H and O–H groups in total. The van der Waals surface area contributed by atoms with E-state index < -0.39 is 0 Å². The molecule has 0 amide bonds. The highest BCUT2D eigenvalue weighted by molar-refractivity contribution is 7.16. The SMILES string of the molecule is COc1ccc(C=Nc2sc3c(c2C#N)CCCC3)cc1. The van der Waals surface area contributed by atoms with E-state index in [1.807, 2.05) is 30.5 Å². The second-order valence-corrected chi connectivity index (χ2v) is 6.12. The van der Waals surface area contributed by atoms with Crippen LogP contribution < -0.4 is 4.74 Å². The van der Waals surface area contributed by atoms with Gasteiger partial charge in [-0.15, -0.1) is 11.3 Å². The van der Waals surface area contributed by atoms with Crippen LogP contribution in [0.1, 0.15) is 34.4 Å². The van der Waals surface area contributed by atoms with E-state index in [0.29, 0.717) is 0 Å². The van der Waals surface area contributed by atoms with Gasteiger partial charge in [0.2, 0.25) is 0 Å². The van der Waals surface area contributed by atoms with Crippen LogP contribution in [0.25, 0.3) is 0 Å². The van der Waals surface area contributed by atoms with E-state index in [9.17, 15) is 5.26 Å². The van der Waals surface area contributed by atoms with Crippen LogP contribution in [0, 0.1) is 11.3 Å². The number of aryl methyl sites for hydroxylation is 1. The first-order chi connectivity index (χ1) is 10.3. The Bertz CT molecular complexity index is 708. The predicted molar refractivity (Wildman–Crippen MR) is 85.9 cm³/mol. The Hall–Kier alpha value is -2.12. The Morgan fingerprint density at radius 3 is 2.71 bits per heavy atom. The molecule has 3 nitrogen and oxygen atoms in total. The Morgan fingerprint density at radius 2 is 2.00 bits per heavy atom. The van der Waals surface area contributed by atoms with Crippen molar-refractivity contribution >= 4 is 22.6 Å². The summed E-state index contributed by atoms with van der Waals surface area (Å²) >= 11 is 1.67. The molecule has 3 rings (SSSR count). The Morgan fingerprint density at radius 1 is 1.24 bits per heavy atom. The van der Waals surface area contributed by atoms with Crippen molar-refractivity contribution in [1.29, 1.82) is 5.26 Å². The summed E-state index contributed by atoms with van der Waals surface area (Å²) in [6.07, 6.45) is 6.33. The van der Waals surface area contributed by atoms with Gasteiger partial charge >= 0.3 is 0 Å². The van der Waals surface area contributed by atoms with Crippen LogP contribution in [-0.4, -0.2) is 13.3 Å². The molecule has 0 fully saturated rings. The second kappa shape index (κ2) is 6.11. The van der Waals surface area contributed by atoms with E-state index in [0.717, 1.165) is 34.7 Å². The number of hydrogen-bond acceptors (Lipinski definition) is 4. The molecule has 1 aliphatic carbocycles. The molecule has 1 aromatic heterocycles. The molecule has 1 heterocycles. The summed E-state index contributed by atoms with van der Waals surface area (Å²) in [6.45, 7) is 0. The maximum Gasteiger partial charge on any atom is 0.134 e. The summed E-state index contributed by atoms with van der Waals surface area (Å²) < 4.78 is 5.14. The number of ether oxygens (including phenoxy) is 1. The lowest BCUT2D eigenvalue weighted by molar-refractivity contribution is 0.415. The van der Waals surface area contributed by atoms with Crippen LogP contribution in [0.3, 0.4) is 0 Å². The number of hydrogen-bond donors (Lipinski definition) is 0. The summed E-state index contributed by atoms with van der Waals surface area (Å²) in [6, 6.07) is 10.1. The molecule has 0 radical (unpaired) electrons. The fourth-order valence-corrected chi connectivity index (χ4v) is 3.76. The van der Waals surface area contributed by atoms with Crippen molar-refractivity contribution in [2.24, 2.45) is 4.99 Å². The molecule has 1 aliphatic rings. The fourth-order valence-electron chi connectivity index (χ4n) is 2.58. The van der Waals surface area contributed by atoms with Gasteiger partial charge in [0.15, 0.2) is 0 Å². The number of fused-ring (bicyclic) bond motifs is 1. The lowest BCUT2D eigenvalue weighted by atomic mass is 9.96. The smallest absolute Gasteiger partial charge is 0.134 e. The maximum atomic E-state index is 9.40. The molecule has 0 saturated carbocycles. The van der Waals surface area contributed by atoms with Crippen molar-refractivity contribution in [3.8, 4) is 11.8 Å². The monoisotopic (exact) mass is 296 g/mol. The van der Waals surface area contributed by atoms with Gasteiger partial charge in [-0.2, -0.15) is 5.26 Å². The van der Waals surface area contributed by atoms with Crippen LogP contribution >= 0.6 is 11.3 Å². The Balaban J connectivity index is 1.88. The minimum atomic E-state index is 0.777. The molecule has 2 aromatic rings. The molecule has 4 heteroatoms. The summed E-state index contributed by atoms with van der Waals surface area (Å²) in [4.78, 5) is 5.88. The number of nitrogens with zero attached hydrogens (tertiary/aromatic N) is 2. The number of nitriles is 1. The maximum absolute atomic E-state index is 9.40. The van der Waals surface area contributed by atoms with Gasteiger partial charge < -0.3 is 4.74 Å². The normalized spacial score (nSPS) is 13.9. The first-order valence-electron chi connectivity index (χ1n) is 7.04. The summed E-state index contributed by atoms with van der Waals surface area (Å²) in [7, 11) is 1.65. The molecule has 1 aromatic carbocycles. The largest absolute Gasteiger partial charge is 0.497 e. The van der Waals surface area contributed by atoms with Crippen LogP contribution in [0.5, 0.6) is 5.75 Å². The van der Waals surface area contributed by atoms with E-state index in [2.05, 4.69) is 11.1 Å². The highest BCUT2D eigenvalue weighted by atomic mass is 32.1. The van der Waals surface area contributed by atoms with Gasteiger partial charge in [0, 0.05) is 11.1 Å². The topological polar surface area (TPSA) is 45.4 Å². The number of methoxy groups -OCH3 is 1. The van der Waals surface area contributed by atoms with Crippen molar-refractivity contribution in [3.63, 3.8) is 0 Å². The summed E-state index contributed by atoms with van der Waals surface area (Å²) in [5.74, 6) is 0.830. The molecule has 0 bridgehead atoms. The first kappa shape index (κ1) is 13.8. The molecular weight excluding hydrogens is 280 g/mol. The van der Waals surface area contributed by atoms with Crippen LogP contribution in [0.4, 0.5) is 5.00 Å². The second-order valence-electron chi connectivity index (χ2n) is 5.03. The zero-order valence-electron chi connectivity index (χ0n) is 11.9. The van der Waals surface area contributed by atoms with Gasteiger partial charge in [0.05, 0.1) is 12.7 Å². The van der Waals surface area contributed by atoms with Gasteiger partial charge in [-0.1, -0.05) is 0 Å². The zero-order chi connectivity index (χ0) is 14.7. The van der Waals surface area contributed by atoms with Crippen molar-refractivity contribution in [2.45, 2.75) is 25.7 Å². The fraction of sp³-hybridized carbons (Fsp3) is 0.294. The van der Waals surface area contributed by atoms with E-state index in [4.69, 9.17) is 4.74 Å². The molecule has 0 atom stereocenters. The average molecular weight is 296 g/mol. The third-order valence-corrected chi connectivity index (χ3v) is 4.91. The zero-order valence-corrected chi connectivity index (χ0v) is 12.7. The summed E-state index contributed by atoms with van der Waals surface area (Å²) in [5.41, 5.74) is 3.01. The van der Waals surface area contributed by atoms with Gasteiger partial charge in [-0.25, -0.2) is 4.99 Å². The van der Waals surface area contributed by atoms with Gasteiger partial charge in [0.1, 0.15) is 16.8 Å². The van der Waals surface area contributed by atoms with Gasteiger partial charge in [-0.3, -0.25) is 0 Å². The number of thiophene rings is 1. The lowest BCUT2D eigenvalue weighted by Gasteiger charge is -2.09. The predicted octanol–water partition coefficient (Wildman–Crippen LogP) is 4.26. The molecule has 0 saturated heterocycles. The van der Waals surface area contributed by atoms with Crippen molar-refractivity contribution < 1.29 is 4.74 Å². The van der Waals surface area contributed by atoms with Crippen LogP contribution in [0.15, 0.2) is 29.3 Å². The Labute approximate surface area is 128 Å². The lowest BCUT2D eigenvalue weighted by Crippen LogP contribution is -1.99. The van der Waals surface area contributed by atoms with E-state index in [1.165, 1.54) is 23.3 Å². The summed E-state index contributed by atoms with van der Waals surface area (Å²) in [5, 5.41) is 10.2. The van der Waals surface area contributed by atoms with Crippen LogP contribution in [-0.2, 0) is 12.8 Å². The van der Waals surface area contributed by atoms with Crippen LogP contribution in [0.2, 0.25) is 0 Å². The minimum Gasteiger partial charge on any atom is -0.497 e. The molecule has 0 spiro atoms. The molecule has 21 heavy (non-hydrogen) atoms. The number of benzene rings is 1. The van der Waals surface area contributed by atoms with Crippen molar-refractivity contribution in [1.82, 2.24) is 0 Å². The average Bonchev–Trinajstić information content (AvgIpc) is 2.91. The minimum absolute atomic E-state index is 0.777. The molecule has 106 valence electrons. The van der Waals surface area contributed by atoms with Gasteiger partial charge in [-0.05, 0) is 61.1 Å². The highest BCUT2D eigenvalue weighted by Gasteiger charge is 2.19.